The van der Waals surface area contributed by atoms with Crippen LogP contribution in [-0.2, 0) is 4.79 Å². The van der Waals surface area contributed by atoms with Gasteiger partial charge in [0.2, 0.25) is 5.91 Å². The Balaban J connectivity index is 2.33. The number of aliphatic hydroxyl groups excluding tert-OH is 1. The van der Waals surface area contributed by atoms with Crippen LogP contribution in [0.1, 0.15) is 17.9 Å². The molecule has 1 aliphatic heterocycles. The molecule has 0 saturated carbocycles. The van der Waals surface area contributed by atoms with Crippen LogP contribution in [0.5, 0.6) is 5.75 Å². The molecule has 2 rings (SSSR count). The maximum Gasteiger partial charge on any atom is 0.236 e. The van der Waals surface area contributed by atoms with Crippen LogP contribution in [0.15, 0.2) is 24.3 Å². The molecule has 1 fully saturated rings. The van der Waals surface area contributed by atoms with Crippen LogP contribution in [-0.4, -0.2) is 41.4 Å². The third kappa shape index (κ3) is 2.33. The van der Waals surface area contributed by atoms with Crippen molar-refractivity contribution < 1.29 is 14.6 Å². The Morgan fingerprint density at radius 3 is 2.83 bits per heavy atom. The number of thioether (sulfide) groups is 1. The highest BCUT2D eigenvalue weighted by atomic mass is 32.2. The molecule has 98 valence electrons. The van der Waals surface area contributed by atoms with Gasteiger partial charge in [0.15, 0.2) is 0 Å². The molecule has 0 aliphatic carbocycles. The van der Waals surface area contributed by atoms with Crippen molar-refractivity contribution in [3.05, 3.63) is 29.8 Å². The van der Waals surface area contributed by atoms with Crippen LogP contribution in [0.25, 0.3) is 0 Å². The normalized spacial score (nSPS) is 23.5. The van der Waals surface area contributed by atoms with Gasteiger partial charge in [0.05, 0.1) is 19.0 Å². The third-order valence-corrected chi connectivity index (χ3v) is 4.37. The summed E-state index contributed by atoms with van der Waals surface area (Å²) in [6.07, 6.45) is 0. The molecule has 1 heterocycles. The monoisotopic (exact) mass is 267 g/mol. The van der Waals surface area contributed by atoms with E-state index in [1.165, 1.54) is 0 Å². The second-order valence-corrected chi connectivity index (χ2v) is 5.55. The number of carbonyl (C=O) groups excluding carboxylic acids is 1. The number of benzene rings is 1. The number of aliphatic hydroxyl groups is 1. The first-order chi connectivity index (χ1) is 8.69. The zero-order valence-corrected chi connectivity index (χ0v) is 11.3. The predicted octanol–water partition coefficient (Wildman–Crippen LogP) is 1.65. The first-order valence-corrected chi connectivity index (χ1v) is 6.83. The lowest BCUT2D eigenvalue weighted by Crippen LogP contribution is -2.32. The quantitative estimate of drug-likeness (QED) is 0.901. The number of amides is 1. The van der Waals surface area contributed by atoms with Gasteiger partial charge in [-0.3, -0.25) is 4.79 Å². The maximum absolute atomic E-state index is 12.0. The summed E-state index contributed by atoms with van der Waals surface area (Å²) in [5.41, 5.74) is 0.983. The molecule has 2 atom stereocenters. The fourth-order valence-corrected chi connectivity index (χ4v) is 3.46. The van der Waals surface area contributed by atoms with Crippen molar-refractivity contribution in [3.63, 3.8) is 0 Å². The number of hydrogen-bond donors (Lipinski definition) is 1. The Labute approximate surface area is 111 Å². The van der Waals surface area contributed by atoms with Crippen LogP contribution in [0.4, 0.5) is 0 Å². The molecule has 5 heteroatoms. The molecular weight excluding hydrogens is 250 g/mol. The van der Waals surface area contributed by atoms with Crippen LogP contribution in [0.2, 0.25) is 0 Å². The molecule has 1 amide bonds. The van der Waals surface area contributed by atoms with Crippen molar-refractivity contribution in [1.29, 1.82) is 0 Å². The highest BCUT2D eigenvalue weighted by Gasteiger charge is 2.39. The van der Waals surface area contributed by atoms with E-state index in [0.717, 1.165) is 11.3 Å². The van der Waals surface area contributed by atoms with Crippen LogP contribution in [0, 0.1) is 0 Å². The number of carbonyl (C=O) groups is 1. The second-order valence-electron chi connectivity index (χ2n) is 4.13. The molecule has 1 N–H and O–H groups in total. The number of methoxy groups -OCH3 is 1. The summed E-state index contributed by atoms with van der Waals surface area (Å²) in [5.74, 6) is 0.852. The van der Waals surface area contributed by atoms with E-state index in [4.69, 9.17) is 9.84 Å². The first kappa shape index (κ1) is 13.2. The molecule has 18 heavy (non-hydrogen) atoms. The minimum absolute atomic E-state index is 0.0231. The van der Waals surface area contributed by atoms with Gasteiger partial charge in [-0.2, -0.15) is 0 Å². The fourth-order valence-electron chi connectivity index (χ4n) is 2.12. The average Bonchev–Trinajstić information content (AvgIpc) is 2.67. The van der Waals surface area contributed by atoms with Gasteiger partial charge in [-0.25, -0.2) is 0 Å². The molecule has 0 unspecified atom stereocenters. The van der Waals surface area contributed by atoms with Crippen LogP contribution in [0.3, 0.4) is 0 Å². The van der Waals surface area contributed by atoms with E-state index in [0.29, 0.717) is 6.54 Å². The molecule has 1 saturated heterocycles. The Morgan fingerprint density at radius 1 is 1.44 bits per heavy atom. The van der Waals surface area contributed by atoms with Crippen molar-refractivity contribution in [2.24, 2.45) is 0 Å². The second kappa shape index (κ2) is 5.63. The van der Waals surface area contributed by atoms with Gasteiger partial charge in [-0.15, -0.1) is 11.8 Å². The van der Waals surface area contributed by atoms with Crippen molar-refractivity contribution in [2.45, 2.75) is 17.5 Å². The standard InChI is InChI=1S/C13H17NO3S/c1-9-12(16)14(7-8-15)13(18-9)10-5-3-4-6-11(10)17-2/h3-6,9,13,15H,7-8H2,1-2H3/t9-,13-/m0/s1. The zero-order valence-electron chi connectivity index (χ0n) is 10.5. The number of β-amino-alcohol motifs (C(OH)–C–C–N with tert-alkyl or cyclic N) is 1. The molecule has 0 spiro atoms. The summed E-state index contributed by atoms with van der Waals surface area (Å²) in [4.78, 5) is 13.7. The summed E-state index contributed by atoms with van der Waals surface area (Å²) in [5, 5.41) is 8.94. The molecule has 4 nitrogen and oxygen atoms in total. The van der Waals surface area contributed by atoms with Gasteiger partial charge in [-0.05, 0) is 13.0 Å². The summed E-state index contributed by atoms with van der Waals surface area (Å²) in [6, 6.07) is 7.69. The largest absolute Gasteiger partial charge is 0.496 e. The van der Waals surface area contributed by atoms with Crippen molar-refractivity contribution in [2.75, 3.05) is 20.3 Å². The first-order valence-electron chi connectivity index (χ1n) is 5.88. The van der Waals surface area contributed by atoms with E-state index in [2.05, 4.69) is 0 Å². The Morgan fingerprint density at radius 2 is 2.17 bits per heavy atom. The number of rotatable bonds is 4. The summed E-state index contributed by atoms with van der Waals surface area (Å²) < 4.78 is 5.34. The molecule has 0 bridgehead atoms. The Hall–Kier alpha value is -1.20. The van der Waals surface area contributed by atoms with E-state index < -0.39 is 0 Å². The van der Waals surface area contributed by atoms with Gasteiger partial charge in [0, 0.05) is 12.1 Å². The van der Waals surface area contributed by atoms with Crippen molar-refractivity contribution in [3.8, 4) is 5.75 Å². The Kier molecular flexibility index (Phi) is 4.14. The summed E-state index contributed by atoms with van der Waals surface area (Å²) >= 11 is 1.59. The fraction of sp³-hybridized carbons (Fsp3) is 0.462. The van der Waals surface area contributed by atoms with Gasteiger partial charge >= 0.3 is 0 Å². The average molecular weight is 267 g/mol. The number of nitrogens with zero attached hydrogens (tertiary/aromatic N) is 1. The van der Waals surface area contributed by atoms with Gasteiger partial charge in [0.25, 0.3) is 0 Å². The smallest absolute Gasteiger partial charge is 0.236 e. The van der Waals surface area contributed by atoms with E-state index in [-0.39, 0.29) is 23.1 Å². The van der Waals surface area contributed by atoms with E-state index in [1.807, 2.05) is 31.2 Å². The number of ether oxygens (including phenoxy) is 1. The van der Waals surface area contributed by atoms with E-state index in [9.17, 15) is 4.79 Å². The van der Waals surface area contributed by atoms with Gasteiger partial charge < -0.3 is 14.7 Å². The summed E-state index contributed by atoms with van der Waals surface area (Å²) in [6.45, 7) is 2.23. The highest BCUT2D eigenvalue weighted by molar-refractivity contribution is 8.01. The lowest BCUT2D eigenvalue weighted by Gasteiger charge is -2.24. The van der Waals surface area contributed by atoms with Gasteiger partial charge in [-0.1, -0.05) is 18.2 Å². The molecule has 1 aromatic carbocycles. The van der Waals surface area contributed by atoms with Crippen LogP contribution >= 0.6 is 11.8 Å². The molecule has 1 aromatic rings. The van der Waals surface area contributed by atoms with E-state index >= 15 is 0 Å². The maximum atomic E-state index is 12.0. The summed E-state index contributed by atoms with van der Waals surface area (Å²) in [7, 11) is 1.63. The predicted molar refractivity (Wildman–Crippen MR) is 71.6 cm³/mol. The minimum Gasteiger partial charge on any atom is -0.496 e. The van der Waals surface area contributed by atoms with Crippen LogP contribution < -0.4 is 4.74 Å². The van der Waals surface area contributed by atoms with Crippen molar-refractivity contribution >= 4 is 17.7 Å². The lowest BCUT2D eigenvalue weighted by molar-refractivity contribution is -0.130. The zero-order chi connectivity index (χ0) is 13.1. The number of hydrogen-bond acceptors (Lipinski definition) is 4. The lowest BCUT2D eigenvalue weighted by atomic mass is 10.1. The molecular formula is C13H17NO3S. The highest BCUT2D eigenvalue weighted by Crippen LogP contribution is 2.45. The third-order valence-electron chi connectivity index (χ3n) is 2.99. The molecule has 0 aromatic heterocycles. The molecule has 1 aliphatic rings. The minimum atomic E-state index is -0.0773. The van der Waals surface area contributed by atoms with Crippen molar-refractivity contribution in [1.82, 2.24) is 4.90 Å². The molecule has 0 radical (unpaired) electrons. The Bertz CT molecular complexity index is 438. The number of para-hydroxylation sites is 1. The SMILES string of the molecule is COc1ccccc1[C@@H]1S[C@@H](C)C(=O)N1CCO. The van der Waals surface area contributed by atoms with Gasteiger partial charge in [0.1, 0.15) is 11.1 Å². The van der Waals surface area contributed by atoms with E-state index in [1.54, 1.807) is 23.8 Å². The topological polar surface area (TPSA) is 49.8 Å².